The van der Waals surface area contributed by atoms with Gasteiger partial charge in [-0.15, -0.1) is 26.0 Å². The fourth-order valence-corrected chi connectivity index (χ4v) is 0.615. The number of hydrogen-bond donors (Lipinski definition) is 4. The standard InChI is InChI=1S/2C5H6O4.C2H2/c2*1-2-3(4(6)7)5(8)9;1-2/h2*2-3H,1H2,(H,6,7)(H,8,9);1-2H. The molecular weight excluding hydrogens is 272 g/mol. The van der Waals surface area contributed by atoms with Gasteiger partial charge in [0.2, 0.25) is 0 Å². The van der Waals surface area contributed by atoms with Gasteiger partial charge in [0.1, 0.15) is 0 Å². The predicted molar refractivity (Wildman–Crippen MR) is 67.8 cm³/mol. The minimum Gasteiger partial charge on any atom is -0.480 e. The second-order valence-corrected chi connectivity index (χ2v) is 2.78. The van der Waals surface area contributed by atoms with Gasteiger partial charge in [-0.05, 0) is 0 Å². The highest BCUT2D eigenvalue weighted by Crippen LogP contribution is 1.96. The van der Waals surface area contributed by atoms with E-state index in [4.69, 9.17) is 20.4 Å². The molecule has 8 heteroatoms. The number of aliphatic carboxylic acids is 4. The minimum absolute atomic E-state index is 0.866. The first-order chi connectivity index (χ1) is 9.18. The fourth-order valence-electron chi connectivity index (χ4n) is 0.615. The Labute approximate surface area is 114 Å². The topological polar surface area (TPSA) is 149 Å². The molecule has 0 atom stereocenters. The molecule has 0 heterocycles. The maximum absolute atomic E-state index is 9.92. The quantitative estimate of drug-likeness (QED) is 0.306. The Kier molecular flexibility index (Phi) is 13.7. The van der Waals surface area contributed by atoms with Gasteiger partial charge >= 0.3 is 23.9 Å². The van der Waals surface area contributed by atoms with Crippen LogP contribution in [0.15, 0.2) is 25.3 Å². The van der Waals surface area contributed by atoms with Crippen molar-refractivity contribution in [3.63, 3.8) is 0 Å². The zero-order chi connectivity index (χ0) is 16.9. The lowest BCUT2D eigenvalue weighted by Gasteiger charge is -1.96. The van der Waals surface area contributed by atoms with Crippen LogP contribution in [0.2, 0.25) is 0 Å². The van der Waals surface area contributed by atoms with Crippen molar-refractivity contribution >= 4 is 23.9 Å². The first-order valence-corrected chi connectivity index (χ1v) is 4.68. The van der Waals surface area contributed by atoms with Crippen molar-refractivity contribution < 1.29 is 39.6 Å². The van der Waals surface area contributed by atoms with Crippen LogP contribution in [0.5, 0.6) is 0 Å². The van der Waals surface area contributed by atoms with Crippen molar-refractivity contribution in [1.29, 1.82) is 0 Å². The number of rotatable bonds is 6. The van der Waals surface area contributed by atoms with Gasteiger partial charge in [-0.25, -0.2) is 0 Å². The maximum atomic E-state index is 9.92. The van der Waals surface area contributed by atoms with Crippen LogP contribution in [-0.2, 0) is 19.2 Å². The molecule has 0 unspecified atom stereocenters. The normalized spacial score (nSPS) is 8.20. The molecule has 0 aliphatic rings. The summed E-state index contributed by atoms with van der Waals surface area (Å²) in [5, 5.41) is 32.4. The third-order valence-corrected chi connectivity index (χ3v) is 1.54. The molecule has 0 rings (SSSR count). The van der Waals surface area contributed by atoms with Crippen molar-refractivity contribution in [2.45, 2.75) is 0 Å². The maximum Gasteiger partial charge on any atom is 0.321 e. The van der Waals surface area contributed by atoms with Crippen LogP contribution in [0.3, 0.4) is 0 Å². The van der Waals surface area contributed by atoms with E-state index < -0.39 is 35.7 Å². The molecule has 8 nitrogen and oxygen atoms in total. The second kappa shape index (κ2) is 12.4. The van der Waals surface area contributed by atoms with Gasteiger partial charge in [0.05, 0.1) is 0 Å². The first-order valence-electron chi connectivity index (χ1n) is 4.68. The van der Waals surface area contributed by atoms with E-state index in [9.17, 15) is 19.2 Å². The Morgan fingerprint density at radius 3 is 0.850 bits per heavy atom. The lowest BCUT2D eigenvalue weighted by Crippen LogP contribution is -2.20. The molecule has 0 spiro atoms. The van der Waals surface area contributed by atoms with E-state index in [1.54, 1.807) is 0 Å². The third-order valence-electron chi connectivity index (χ3n) is 1.54. The van der Waals surface area contributed by atoms with E-state index in [-0.39, 0.29) is 0 Å². The molecule has 0 radical (unpaired) electrons. The van der Waals surface area contributed by atoms with Gasteiger partial charge in [0.25, 0.3) is 0 Å². The highest BCUT2D eigenvalue weighted by molar-refractivity contribution is 5.95. The van der Waals surface area contributed by atoms with Crippen molar-refractivity contribution in [1.82, 2.24) is 0 Å². The van der Waals surface area contributed by atoms with Crippen LogP contribution in [-0.4, -0.2) is 44.3 Å². The van der Waals surface area contributed by atoms with E-state index in [1.807, 2.05) is 0 Å². The summed E-state index contributed by atoms with van der Waals surface area (Å²) < 4.78 is 0. The summed E-state index contributed by atoms with van der Waals surface area (Å²) in [6.45, 7) is 6.08. The van der Waals surface area contributed by atoms with E-state index in [0.29, 0.717) is 0 Å². The SMILES string of the molecule is C#C.C=CC(C(=O)O)C(=O)O.C=CC(C(=O)O)C(=O)O. The van der Waals surface area contributed by atoms with Gasteiger partial charge in [-0.3, -0.25) is 19.2 Å². The Bertz CT molecular complexity index is 343. The van der Waals surface area contributed by atoms with Crippen LogP contribution >= 0.6 is 0 Å². The molecule has 0 bridgehead atoms. The molecule has 0 aliphatic carbocycles. The Morgan fingerprint density at radius 1 is 0.700 bits per heavy atom. The average molecular weight is 286 g/mol. The predicted octanol–water partition coefficient (Wildman–Crippen LogP) is 0.165. The van der Waals surface area contributed by atoms with Crippen LogP contribution < -0.4 is 0 Å². The Morgan fingerprint density at radius 2 is 0.850 bits per heavy atom. The minimum atomic E-state index is -1.48. The molecule has 0 aliphatic heterocycles. The van der Waals surface area contributed by atoms with Crippen molar-refractivity contribution in [2.24, 2.45) is 11.8 Å². The number of hydrogen-bond acceptors (Lipinski definition) is 4. The molecule has 0 aromatic heterocycles. The molecule has 0 amide bonds. The number of carbonyl (C=O) groups is 4. The molecule has 4 N–H and O–H groups in total. The van der Waals surface area contributed by atoms with E-state index in [0.717, 1.165) is 12.2 Å². The number of carboxylic acids is 4. The van der Waals surface area contributed by atoms with Crippen LogP contribution in [0.1, 0.15) is 0 Å². The summed E-state index contributed by atoms with van der Waals surface area (Å²) >= 11 is 0. The molecule has 20 heavy (non-hydrogen) atoms. The summed E-state index contributed by atoms with van der Waals surface area (Å²) in [4.78, 5) is 39.7. The summed E-state index contributed by atoms with van der Waals surface area (Å²) in [7, 11) is 0. The van der Waals surface area contributed by atoms with E-state index >= 15 is 0 Å². The molecule has 0 aromatic rings. The first kappa shape index (κ1) is 22.1. The summed E-state index contributed by atoms with van der Waals surface area (Å²) in [5.74, 6) is -8.53. The summed E-state index contributed by atoms with van der Waals surface area (Å²) in [5.41, 5.74) is 0. The molecular formula is C12H14O8. The molecule has 0 saturated heterocycles. The molecule has 0 fully saturated rings. The zero-order valence-electron chi connectivity index (χ0n) is 10.3. The lowest BCUT2D eigenvalue weighted by molar-refractivity contribution is -0.153. The largest absolute Gasteiger partial charge is 0.480 e. The van der Waals surface area contributed by atoms with Gasteiger partial charge in [-0.2, -0.15) is 0 Å². The average Bonchev–Trinajstić information content (AvgIpc) is 2.31. The third kappa shape index (κ3) is 10.1. The van der Waals surface area contributed by atoms with Gasteiger partial charge in [0, 0.05) is 0 Å². The number of terminal acetylenes is 1. The molecule has 0 aromatic carbocycles. The highest BCUT2D eigenvalue weighted by atomic mass is 16.4. The van der Waals surface area contributed by atoms with Gasteiger partial charge < -0.3 is 20.4 Å². The second-order valence-electron chi connectivity index (χ2n) is 2.78. The van der Waals surface area contributed by atoms with E-state index in [1.165, 1.54) is 0 Å². The molecule has 0 saturated carbocycles. The lowest BCUT2D eigenvalue weighted by atomic mass is 10.1. The van der Waals surface area contributed by atoms with Crippen LogP contribution in [0.4, 0.5) is 0 Å². The van der Waals surface area contributed by atoms with E-state index in [2.05, 4.69) is 26.0 Å². The summed E-state index contributed by atoms with van der Waals surface area (Å²) in [6, 6.07) is 0. The smallest absolute Gasteiger partial charge is 0.321 e. The van der Waals surface area contributed by atoms with Crippen molar-refractivity contribution in [3.8, 4) is 12.8 Å². The fraction of sp³-hybridized carbons (Fsp3) is 0.167. The summed E-state index contributed by atoms with van der Waals surface area (Å²) in [6.07, 6.45) is 9.73. The Balaban J connectivity index is -0.000000257. The van der Waals surface area contributed by atoms with Crippen molar-refractivity contribution in [3.05, 3.63) is 25.3 Å². The Hall–Kier alpha value is -3.08. The van der Waals surface area contributed by atoms with Crippen LogP contribution in [0.25, 0.3) is 0 Å². The monoisotopic (exact) mass is 286 g/mol. The zero-order valence-corrected chi connectivity index (χ0v) is 10.3. The van der Waals surface area contributed by atoms with Crippen LogP contribution in [0, 0.1) is 24.7 Å². The van der Waals surface area contributed by atoms with Gasteiger partial charge in [-0.1, -0.05) is 12.2 Å². The highest BCUT2D eigenvalue weighted by Gasteiger charge is 2.21. The van der Waals surface area contributed by atoms with Crippen molar-refractivity contribution in [2.75, 3.05) is 0 Å². The number of carboxylic acid groups (broad SMARTS) is 4. The molecule has 110 valence electrons. The van der Waals surface area contributed by atoms with Gasteiger partial charge in [0.15, 0.2) is 11.8 Å².